The summed E-state index contributed by atoms with van der Waals surface area (Å²) in [6.45, 7) is 5.69. The first kappa shape index (κ1) is 20.0. The van der Waals surface area contributed by atoms with E-state index in [2.05, 4.69) is 16.8 Å². The van der Waals surface area contributed by atoms with Crippen molar-refractivity contribution < 1.29 is 14.3 Å². The number of piperidine rings is 1. The Morgan fingerprint density at radius 3 is 2.66 bits per heavy atom. The lowest BCUT2D eigenvalue weighted by Gasteiger charge is -2.33. The van der Waals surface area contributed by atoms with Crippen molar-refractivity contribution >= 4 is 23.3 Å². The zero-order valence-electron chi connectivity index (χ0n) is 16.6. The highest BCUT2D eigenvalue weighted by Gasteiger charge is 2.26. The quantitative estimate of drug-likeness (QED) is 0.763. The third-order valence-corrected chi connectivity index (χ3v) is 5.66. The highest BCUT2D eigenvalue weighted by Crippen LogP contribution is 2.23. The fourth-order valence-electron chi connectivity index (χ4n) is 3.82. The van der Waals surface area contributed by atoms with Crippen molar-refractivity contribution in [3.63, 3.8) is 0 Å². The van der Waals surface area contributed by atoms with Crippen LogP contribution in [0.3, 0.4) is 0 Å². The molecule has 0 saturated carbocycles. The molecule has 0 bridgehead atoms. The molecule has 2 aliphatic rings. The molecule has 0 spiro atoms. The van der Waals surface area contributed by atoms with Crippen LogP contribution in [-0.2, 0) is 4.74 Å². The topological polar surface area (TPSA) is 54.9 Å². The third kappa shape index (κ3) is 5.00. The second-order valence-corrected chi connectivity index (χ2v) is 8.03. The average Bonchev–Trinajstić information content (AvgIpc) is 2.75. The second kappa shape index (κ2) is 9.01. The SMILES string of the molecule is CC1CN(c2cc(C(=O)N3CCC(Oc4ccc(Cl)cc4)CC3)ccn2)CCO1. The minimum Gasteiger partial charge on any atom is -0.490 e. The van der Waals surface area contributed by atoms with Crippen LogP contribution < -0.4 is 9.64 Å². The van der Waals surface area contributed by atoms with Gasteiger partial charge in [-0.25, -0.2) is 4.98 Å². The number of morpholine rings is 1. The van der Waals surface area contributed by atoms with Crippen molar-refractivity contribution in [3.05, 3.63) is 53.2 Å². The molecule has 154 valence electrons. The standard InChI is InChI=1S/C22H26ClN3O3/c1-16-15-26(12-13-28-16)21-14-17(6-9-24-21)22(27)25-10-7-20(8-11-25)29-19-4-2-18(23)3-5-19/h2-6,9,14,16,20H,7-8,10-13,15H2,1H3. The maximum absolute atomic E-state index is 13.0. The normalized spacial score (nSPS) is 20.6. The maximum Gasteiger partial charge on any atom is 0.254 e. The monoisotopic (exact) mass is 415 g/mol. The Morgan fingerprint density at radius 1 is 1.17 bits per heavy atom. The number of amides is 1. The summed E-state index contributed by atoms with van der Waals surface area (Å²) in [5.74, 6) is 1.71. The van der Waals surface area contributed by atoms with Gasteiger partial charge in [0, 0.05) is 55.8 Å². The molecule has 2 saturated heterocycles. The fourth-order valence-corrected chi connectivity index (χ4v) is 3.94. The number of anilines is 1. The Kier molecular flexibility index (Phi) is 6.21. The number of likely N-dealkylation sites (tertiary alicyclic amines) is 1. The summed E-state index contributed by atoms with van der Waals surface area (Å²) >= 11 is 5.92. The zero-order chi connectivity index (χ0) is 20.2. The van der Waals surface area contributed by atoms with Crippen LogP contribution >= 0.6 is 11.6 Å². The first-order chi connectivity index (χ1) is 14.1. The van der Waals surface area contributed by atoms with Gasteiger partial charge < -0.3 is 19.3 Å². The fraction of sp³-hybridized carbons (Fsp3) is 0.455. The van der Waals surface area contributed by atoms with E-state index in [4.69, 9.17) is 21.1 Å². The molecule has 0 aliphatic carbocycles. The molecule has 2 fully saturated rings. The number of aromatic nitrogens is 1. The largest absolute Gasteiger partial charge is 0.490 e. The minimum absolute atomic E-state index is 0.0555. The molecule has 7 heteroatoms. The van der Waals surface area contributed by atoms with Gasteiger partial charge in [0.05, 0.1) is 12.7 Å². The van der Waals surface area contributed by atoms with Gasteiger partial charge in [0.2, 0.25) is 0 Å². The second-order valence-electron chi connectivity index (χ2n) is 7.59. The lowest BCUT2D eigenvalue weighted by atomic mass is 10.1. The van der Waals surface area contributed by atoms with Gasteiger partial charge in [-0.05, 0) is 43.3 Å². The molecule has 1 aromatic heterocycles. The molecule has 1 amide bonds. The Bertz CT molecular complexity index is 837. The van der Waals surface area contributed by atoms with E-state index in [1.165, 1.54) is 0 Å². The first-order valence-electron chi connectivity index (χ1n) is 10.1. The zero-order valence-corrected chi connectivity index (χ0v) is 17.3. The van der Waals surface area contributed by atoms with E-state index in [0.29, 0.717) is 30.3 Å². The van der Waals surface area contributed by atoms with Gasteiger partial charge in [-0.1, -0.05) is 11.6 Å². The van der Waals surface area contributed by atoms with Crippen molar-refractivity contribution in [2.24, 2.45) is 0 Å². The minimum atomic E-state index is 0.0555. The van der Waals surface area contributed by atoms with Gasteiger partial charge in [-0.3, -0.25) is 4.79 Å². The molecule has 6 nitrogen and oxygen atoms in total. The Hall–Kier alpha value is -2.31. The number of benzene rings is 1. The molecule has 1 aromatic carbocycles. The highest BCUT2D eigenvalue weighted by molar-refractivity contribution is 6.30. The molecule has 3 heterocycles. The number of pyridine rings is 1. The predicted octanol–water partition coefficient (Wildman–Crippen LogP) is 3.64. The number of rotatable bonds is 4. The van der Waals surface area contributed by atoms with Gasteiger partial charge in [-0.15, -0.1) is 0 Å². The molecule has 0 N–H and O–H groups in total. The van der Waals surface area contributed by atoms with Gasteiger partial charge in [-0.2, -0.15) is 0 Å². The molecular weight excluding hydrogens is 390 g/mol. The van der Waals surface area contributed by atoms with Crippen LogP contribution in [0.1, 0.15) is 30.1 Å². The molecule has 1 unspecified atom stereocenters. The Balaban J connectivity index is 1.34. The number of ether oxygens (including phenoxy) is 2. The van der Waals surface area contributed by atoms with E-state index < -0.39 is 0 Å². The number of halogens is 1. The summed E-state index contributed by atoms with van der Waals surface area (Å²) in [5, 5.41) is 0.695. The molecule has 4 rings (SSSR count). The predicted molar refractivity (Wildman–Crippen MR) is 113 cm³/mol. The van der Waals surface area contributed by atoms with E-state index in [-0.39, 0.29) is 18.1 Å². The number of hydrogen-bond donors (Lipinski definition) is 0. The Labute approximate surface area is 176 Å². The van der Waals surface area contributed by atoms with Crippen LogP contribution in [-0.4, -0.2) is 60.8 Å². The van der Waals surface area contributed by atoms with Crippen LogP contribution in [0.15, 0.2) is 42.6 Å². The van der Waals surface area contributed by atoms with Gasteiger partial charge in [0.15, 0.2) is 0 Å². The van der Waals surface area contributed by atoms with Crippen molar-refractivity contribution in [1.82, 2.24) is 9.88 Å². The summed E-state index contributed by atoms with van der Waals surface area (Å²) in [5.41, 5.74) is 0.686. The molecule has 0 radical (unpaired) electrons. The number of hydrogen-bond acceptors (Lipinski definition) is 5. The van der Waals surface area contributed by atoms with Gasteiger partial charge in [0.1, 0.15) is 17.7 Å². The Morgan fingerprint density at radius 2 is 1.93 bits per heavy atom. The lowest BCUT2D eigenvalue weighted by molar-refractivity contribution is 0.0529. The van der Waals surface area contributed by atoms with E-state index in [0.717, 1.165) is 37.5 Å². The smallest absolute Gasteiger partial charge is 0.254 e. The van der Waals surface area contributed by atoms with Gasteiger partial charge in [0.25, 0.3) is 5.91 Å². The van der Waals surface area contributed by atoms with E-state index in [1.54, 1.807) is 12.3 Å². The third-order valence-electron chi connectivity index (χ3n) is 5.40. The highest BCUT2D eigenvalue weighted by atomic mass is 35.5. The van der Waals surface area contributed by atoms with Gasteiger partial charge >= 0.3 is 0 Å². The summed E-state index contributed by atoms with van der Waals surface area (Å²) < 4.78 is 11.6. The van der Waals surface area contributed by atoms with E-state index in [9.17, 15) is 4.79 Å². The van der Waals surface area contributed by atoms with E-state index >= 15 is 0 Å². The summed E-state index contributed by atoms with van der Waals surface area (Å²) in [6.07, 6.45) is 3.63. The van der Waals surface area contributed by atoms with E-state index in [1.807, 2.05) is 35.2 Å². The van der Waals surface area contributed by atoms with Crippen molar-refractivity contribution in [3.8, 4) is 5.75 Å². The lowest BCUT2D eigenvalue weighted by Crippen LogP contribution is -2.42. The molecule has 1 atom stereocenters. The van der Waals surface area contributed by atoms with Crippen molar-refractivity contribution in [2.75, 3.05) is 37.7 Å². The number of carbonyl (C=O) groups excluding carboxylic acids is 1. The maximum atomic E-state index is 13.0. The first-order valence-corrected chi connectivity index (χ1v) is 10.5. The molecule has 2 aliphatic heterocycles. The van der Waals surface area contributed by atoms with Crippen LogP contribution in [0.5, 0.6) is 5.75 Å². The average molecular weight is 416 g/mol. The van der Waals surface area contributed by atoms with Crippen LogP contribution in [0.2, 0.25) is 5.02 Å². The molecular formula is C22H26ClN3O3. The molecule has 29 heavy (non-hydrogen) atoms. The van der Waals surface area contributed by atoms with Crippen LogP contribution in [0.4, 0.5) is 5.82 Å². The summed E-state index contributed by atoms with van der Waals surface area (Å²) in [4.78, 5) is 21.5. The summed E-state index contributed by atoms with van der Waals surface area (Å²) in [6, 6.07) is 11.1. The number of nitrogens with zero attached hydrogens (tertiary/aromatic N) is 3. The van der Waals surface area contributed by atoms with Crippen LogP contribution in [0.25, 0.3) is 0 Å². The number of carbonyl (C=O) groups is 1. The van der Waals surface area contributed by atoms with Crippen molar-refractivity contribution in [2.45, 2.75) is 32.0 Å². The summed E-state index contributed by atoms with van der Waals surface area (Å²) in [7, 11) is 0. The van der Waals surface area contributed by atoms with Crippen molar-refractivity contribution in [1.29, 1.82) is 0 Å². The van der Waals surface area contributed by atoms with Crippen LogP contribution in [0, 0.1) is 0 Å². The molecule has 2 aromatic rings.